The van der Waals surface area contributed by atoms with E-state index in [1.54, 1.807) is 18.2 Å². The van der Waals surface area contributed by atoms with Crippen LogP contribution in [-0.2, 0) is 0 Å². The first-order valence-electron chi connectivity index (χ1n) is 4.30. The summed E-state index contributed by atoms with van der Waals surface area (Å²) in [4.78, 5) is 0. The summed E-state index contributed by atoms with van der Waals surface area (Å²) in [6.07, 6.45) is 0. The van der Waals surface area contributed by atoms with Crippen LogP contribution >= 0.6 is 22.6 Å². The van der Waals surface area contributed by atoms with Gasteiger partial charge in [0.05, 0.1) is 0 Å². The molecule has 0 aliphatic carbocycles. The zero-order valence-corrected chi connectivity index (χ0v) is 9.74. The molecule has 0 bridgehead atoms. The number of rotatable bonds is 2. The Labute approximate surface area is 99.2 Å². The molecule has 0 atom stereocenters. The van der Waals surface area contributed by atoms with E-state index in [1.807, 2.05) is 18.2 Å². The molecule has 1 nitrogen and oxygen atoms in total. The molecule has 0 unspecified atom stereocenters. The van der Waals surface area contributed by atoms with Gasteiger partial charge in [-0.25, -0.2) is 0 Å². The van der Waals surface area contributed by atoms with Crippen molar-refractivity contribution in [2.24, 2.45) is 0 Å². The predicted molar refractivity (Wildman–Crippen MR) is 63.3 cm³/mol. The van der Waals surface area contributed by atoms with Crippen LogP contribution in [0.1, 0.15) is 0 Å². The normalized spacial score (nSPS) is 10.9. The Bertz CT molecular complexity index is 485. The molecule has 0 N–H and O–H groups in total. The van der Waals surface area contributed by atoms with E-state index >= 15 is 0 Å². The van der Waals surface area contributed by atoms with Crippen molar-refractivity contribution in [3.63, 3.8) is 0 Å². The van der Waals surface area contributed by atoms with Gasteiger partial charge in [-0.05, 0) is 40.1 Å². The van der Waals surface area contributed by atoms with Gasteiger partial charge in [-0.2, -0.15) is 8.78 Å². The van der Waals surface area contributed by atoms with Crippen LogP contribution in [0.2, 0.25) is 0 Å². The minimum atomic E-state index is -2.78. The summed E-state index contributed by atoms with van der Waals surface area (Å²) in [5, 5.41) is 1.64. The van der Waals surface area contributed by atoms with E-state index in [-0.39, 0.29) is 5.75 Å². The molecule has 15 heavy (non-hydrogen) atoms. The van der Waals surface area contributed by atoms with Crippen LogP contribution in [0.3, 0.4) is 0 Å². The third-order valence-electron chi connectivity index (χ3n) is 2.04. The molecule has 0 heterocycles. The number of alkyl halides is 2. The maximum absolute atomic E-state index is 12.1. The van der Waals surface area contributed by atoms with Gasteiger partial charge in [0.2, 0.25) is 0 Å². The number of hydrogen-bond acceptors (Lipinski definition) is 1. The highest BCUT2D eigenvalue weighted by atomic mass is 127. The lowest BCUT2D eigenvalue weighted by atomic mass is 10.1. The molecular formula is C11H7F2IO. The SMILES string of the molecule is FC(F)Oc1cccc2c(I)cccc12. The first-order chi connectivity index (χ1) is 7.18. The van der Waals surface area contributed by atoms with Gasteiger partial charge >= 0.3 is 6.61 Å². The second-order valence-electron chi connectivity index (χ2n) is 2.97. The van der Waals surface area contributed by atoms with Crippen LogP contribution in [0, 0.1) is 3.57 Å². The zero-order valence-electron chi connectivity index (χ0n) is 7.58. The lowest BCUT2D eigenvalue weighted by Crippen LogP contribution is -2.02. The van der Waals surface area contributed by atoms with Gasteiger partial charge < -0.3 is 4.74 Å². The van der Waals surface area contributed by atoms with Crippen molar-refractivity contribution in [3.05, 3.63) is 40.0 Å². The molecule has 2 aromatic rings. The van der Waals surface area contributed by atoms with Gasteiger partial charge in [-0.1, -0.05) is 24.3 Å². The number of ether oxygens (including phenoxy) is 1. The highest BCUT2D eigenvalue weighted by Gasteiger charge is 2.08. The maximum atomic E-state index is 12.1. The Morgan fingerprint density at radius 3 is 2.40 bits per heavy atom. The largest absolute Gasteiger partial charge is 0.434 e. The third-order valence-corrected chi connectivity index (χ3v) is 2.99. The van der Waals surface area contributed by atoms with Crippen molar-refractivity contribution in [1.29, 1.82) is 0 Å². The minimum Gasteiger partial charge on any atom is -0.434 e. The fraction of sp³-hybridized carbons (Fsp3) is 0.0909. The highest BCUT2D eigenvalue weighted by Crippen LogP contribution is 2.29. The quantitative estimate of drug-likeness (QED) is 0.759. The molecule has 0 spiro atoms. The van der Waals surface area contributed by atoms with Gasteiger partial charge in [-0.15, -0.1) is 0 Å². The van der Waals surface area contributed by atoms with Gasteiger partial charge in [0.1, 0.15) is 5.75 Å². The topological polar surface area (TPSA) is 9.23 Å². The lowest BCUT2D eigenvalue weighted by Gasteiger charge is -2.08. The van der Waals surface area contributed by atoms with E-state index in [0.29, 0.717) is 5.39 Å². The Balaban J connectivity index is 2.61. The number of hydrogen-bond donors (Lipinski definition) is 0. The van der Waals surface area contributed by atoms with Crippen LogP contribution in [0.5, 0.6) is 5.75 Å². The van der Waals surface area contributed by atoms with Crippen molar-refractivity contribution in [2.45, 2.75) is 6.61 Å². The van der Waals surface area contributed by atoms with Crippen LogP contribution in [0.15, 0.2) is 36.4 Å². The molecule has 4 heteroatoms. The molecule has 0 amide bonds. The minimum absolute atomic E-state index is 0.223. The lowest BCUT2D eigenvalue weighted by molar-refractivity contribution is -0.0487. The van der Waals surface area contributed by atoms with Crippen molar-refractivity contribution in [2.75, 3.05) is 0 Å². The summed E-state index contributed by atoms with van der Waals surface area (Å²) < 4.78 is 29.7. The first kappa shape index (κ1) is 10.6. The molecule has 0 radical (unpaired) electrons. The number of benzene rings is 2. The van der Waals surface area contributed by atoms with Crippen molar-refractivity contribution >= 4 is 33.4 Å². The van der Waals surface area contributed by atoms with Crippen molar-refractivity contribution < 1.29 is 13.5 Å². The zero-order chi connectivity index (χ0) is 10.8. The predicted octanol–water partition coefficient (Wildman–Crippen LogP) is 4.05. The van der Waals surface area contributed by atoms with Crippen molar-refractivity contribution in [1.82, 2.24) is 0 Å². The summed E-state index contributed by atoms with van der Waals surface area (Å²) in [6, 6.07) is 10.7. The average molecular weight is 320 g/mol. The van der Waals surface area contributed by atoms with Gasteiger partial charge in [-0.3, -0.25) is 0 Å². The fourth-order valence-electron chi connectivity index (χ4n) is 1.44. The summed E-state index contributed by atoms with van der Waals surface area (Å²) in [5.41, 5.74) is 0. The number of fused-ring (bicyclic) bond motifs is 1. The first-order valence-corrected chi connectivity index (χ1v) is 5.38. The van der Waals surface area contributed by atoms with Gasteiger partial charge in [0.15, 0.2) is 0 Å². The molecular weight excluding hydrogens is 313 g/mol. The Morgan fingerprint density at radius 2 is 1.67 bits per heavy atom. The fourth-order valence-corrected chi connectivity index (χ4v) is 2.12. The van der Waals surface area contributed by atoms with E-state index < -0.39 is 6.61 Å². The van der Waals surface area contributed by atoms with Gasteiger partial charge in [0, 0.05) is 8.96 Å². The van der Waals surface area contributed by atoms with Crippen LogP contribution in [0.4, 0.5) is 8.78 Å². The molecule has 0 saturated carbocycles. The molecule has 0 aliphatic rings. The van der Waals surface area contributed by atoms with E-state index in [1.165, 1.54) is 0 Å². The third kappa shape index (κ3) is 2.19. The van der Waals surface area contributed by atoms with Crippen molar-refractivity contribution in [3.8, 4) is 5.75 Å². The Hall–Kier alpha value is -0.910. The molecule has 78 valence electrons. The molecule has 2 rings (SSSR count). The van der Waals surface area contributed by atoms with Crippen LogP contribution < -0.4 is 4.74 Å². The van der Waals surface area contributed by atoms with E-state index in [9.17, 15) is 8.78 Å². The second-order valence-corrected chi connectivity index (χ2v) is 4.13. The van der Waals surface area contributed by atoms with Gasteiger partial charge in [0.25, 0.3) is 0 Å². The Morgan fingerprint density at radius 1 is 1.00 bits per heavy atom. The smallest absolute Gasteiger partial charge is 0.387 e. The standard InChI is InChI=1S/C11H7F2IO/c12-11(13)15-10-6-2-3-7-8(10)4-1-5-9(7)14/h1-6,11H. The second kappa shape index (κ2) is 4.30. The van der Waals surface area contributed by atoms with E-state index in [0.717, 1.165) is 8.96 Å². The molecule has 0 fully saturated rings. The Kier molecular flexibility index (Phi) is 3.04. The highest BCUT2D eigenvalue weighted by molar-refractivity contribution is 14.1. The monoisotopic (exact) mass is 320 g/mol. The maximum Gasteiger partial charge on any atom is 0.387 e. The van der Waals surface area contributed by atoms with Crippen LogP contribution in [-0.4, -0.2) is 6.61 Å². The summed E-state index contributed by atoms with van der Waals surface area (Å²) in [6.45, 7) is -2.78. The summed E-state index contributed by atoms with van der Waals surface area (Å²) >= 11 is 2.17. The average Bonchev–Trinajstić information content (AvgIpc) is 2.19. The molecule has 0 aliphatic heterocycles. The number of halogens is 3. The molecule has 2 aromatic carbocycles. The molecule has 0 aromatic heterocycles. The molecule has 0 saturated heterocycles. The van der Waals surface area contributed by atoms with Crippen LogP contribution in [0.25, 0.3) is 10.8 Å². The summed E-state index contributed by atoms with van der Waals surface area (Å²) in [5.74, 6) is 0.223. The van der Waals surface area contributed by atoms with E-state index in [2.05, 4.69) is 27.3 Å². The summed E-state index contributed by atoms with van der Waals surface area (Å²) in [7, 11) is 0. The van der Waals surface area contributed by atoms with E-state index in [4.69, 9.17) is 0 Å².